The van der Waals surface area contributed by atoms with Crippen molar-refractivity contribution in [1.82, 2.24) is 14.7 Å². The van der Waals surface area contributed by atoms with Crippen LogP contribution in [0.4, 0.5) is 4.79 Å². The van der Waals surface area contributed by atoms with Gasteiger partial charge in [-0.1, -0.05) is 13.8 Å². The minimum Gasteiger partial charge on any atom is -0.444 e. The molecule has 2 unspecified atom stereocenters. The van der Waals surface area contributed by atoms with Crippen LogP contribution in [0.2, 0.25) is 0 Å². The first kappa shape index (κ1) is 20.5. The van der Waals surface area contributed by atoms with Crippen molar-refractivity contribution >= 4 is 12.0 Å². The Labute approximate surface area is 156 Å². The van der Waals surface area contributed by atoms with Crippen molar-refractivity contribution in [3.63, 3.8) is 0 Å². The van der Waals surface area contributed by atoms with Gasteiger partial charge in [0, 0.05) is 32.7 Å². The highest BCUT2D eigenvalue weighted by atomic mass is 16.6. The predicted octanol–water partition coefficient (Wildman–Crippen LogP) is 2.08. The van der Waals surface area contributed by atoms with Crippen molar-refractivity contribution in [2.45, 2.75) is 65.1 Å². The molecule has 2 aliphatic rings. The molecule has 2 atom stereocenters. The molecule has 0 aromatic heterocycles. The smallest absolute Gasteiger partial charge is 0.410 e. The van der Waals surface area contributed by atoms with Gasteiger partial charge in [0.15, 0.2) is 0 Å². The fourth-order valence-corrected chi connectivity index (χ4v) is 3.65. The molecule has 2 amide bonds. The van der Waals surface area contributed by atoms with Crippen LogP contribution in [0.3, 0.4) is 0 Å². The molecule has 26 heavy (non-hydrogen) atoms. The Morgan fingerprint density at radius 3 is 2.23 bits per heavy atom. The van der Waals surface area contributed by atoms with Crippen molar-refractivity contribution in [2.24, 2.45) is 5.92 Å². The molecule has 7 heteroatoms. The highest BCUT2D eigenvalue weighted by Crippen LogP contribution is 2.23. The topological polar surface area (TPSA) is 76.9 Å². The van der Waals surface area contributed by atoms with E-state index >= 15 is 0 Å². The van der Waals surface area contributed by atoms with E-state index in [4.69, 9.17) is 4.74 Å². The zero-order chi connectivity index (χ0) is 19.5. The Bertz CT molecular complexity index is 556. The zero-order valence-electron chi connectivity index (χ0n) is 16.7. The average Bonchev–Trinajstić information content (AvgIpc) is 3.03. The number of carbonyl (C=O) groups is 2. The fourth-order valence-electron chi connectivity index (χ4n) is 3.65. The van der Waals surface area contributed by atoms with Gasteiger partial charge in [-0.15, -0.1) is 0 Å². The van der Waals surface area contributed by atoms with Crippen molar-refractivity contribution in [2.75, 3.05) is 32.7 Å². The van der Waals surface area contributed by atoms with E-state index < -0.39 is 17.7 Å². The van der Waals surface area contributed by atoms with E-state index in [0.717, 1.165) is 6.42 Å². The molecule has 146 valence electrons. The largest absolute Gasteiger partial charge is 0.444 e. The maximum absolute atomic E-state index is 13.0. The van der Waals surface area contributed by atoms with Gasteiger partial charge in [-0.3, -0.25) is 14.6 Å². The molecule has 0 N–H and O–H groups in total. The number of carbonyl (C=O) groups excluding carboxylic acids is 2. The fraction of sp³-hybridized carbons (Fsp3) is 0.842. The molecule has 2 aliphatic heterocycles. The second kappa shape index (κ2) is 8.26. The maximum atomic E-state index is 13.0. The summed E-state index contributed by atoms with van der Waals surface area (Å²) in [5.74, 6) is 0.269. The van der Waals surface area contributed by atoms with Gasteiger partial charge in [-0.05, 0) is 39.5 Å². The molecule has 7 nitrogen and oxygen atoms in total. The quantitative estimate of drug-likeness (QED) is 0.766. The molecule has 0 aliphatic carbocycles. The molecule has 0 spiro atoms. The molecule has 2 heterocycles. The summed E-state index contributed by atoms with van der Waals surface area (Å²) in [6, 6.07) is 1.83. The summed E-state index contributed by atoms with van der Waals surface area (Å²) >= 11 is 0. The third kappa shape index (κ3) is 4.88. The minimum atomic E-state index is -0.567. The highest BCUT2D eigenvalue weighted by molar-refractivity contribution is 5.86. The normalized spacial score (nSPS) is 23.0. The molecular weight excluding hydrogens is 332 g/mol. The highest BCUT2D eigenvalue weighted by Gasteiger charge is 2.39. The van der Waals surface area contributed by atoms with E-state index in [0.29, 0.717) is 39.1 Å². The van der Waals surface area contributed by atoms with Crippen LogP contribution in [-0.4, -0.2) is 77.1 Å². The second-order valence-electron chi connectivity index (χ2n) is 8.51. The lowest BCUT2D eigenvalue weighted by atomic mass is 10.0. The van der Waals surface area contributed by atoms with Gasteiger partial charge in [0.05, 0.1) is 6.07 Å². The summed E-state index contributed by atoms with van der Waals surface area (Å²) in [6.07, 6.45) is 1.10. The first-order valence-electron chi connectivity index (χ1n) is 9.56. The summed E-state index contributed by atoms with van der Waals surface area (Å²) in [5, 5.41) is 9.35. The van der Waals surface area contributed by atoms with Gasteiger partial charge in [0.1, 0.15) is 17.7 Å². The summed E-state index contributed by atoms with van der Waals surface area (Å²) in [7, 11) is 0. The van der Waals surface area contributed by atoms with Crippen molar-refractivity contribution in [3.05, 3.63) is 0 Å². The van der Waals surface area contributed by atoms with Crippen LogP contribution < -0.4 is 0 Å². The van der Waals surface area contributed by atoms with Gasteiger partial charge in [0.2, 0.25) is 5.91 Å². The molecule has 2 saturated heterocycles. The predicted molar refractivity (Wildman–Crippen MR) is 98.4 cm³/mol. The number of nitrogens with zero attached hydrogens (tertiary/aromatic N) is 4. The van der Waals surface area contributed by atoms with E-state index in [9.17, 15) is 14.9 Å². The molecule has 0 aromatic carbocycles. The van der Waals surface area contributed by atoms with E-state index in [1.54, 1.807) is 4.90 Å². The molecule has 0 bridgehead atoms. The Hall–Kier alpha value is -1.81. The molecule has 0 radical (unpaired) electrons. The second-order valence-corrected chi connectivity index (χ2v) is 8.51. The summed E-state index contributed by atoms with van der Waals surface area (Å²) < 4.78 is 5.45. The SMILES string of the molecule is CC(C)C(C#N)N1CCN(C(=O)C2CCCN2C(=O)OC(C)(C)C)CC1. The molecule has 2 rings (SSSR count). The minimum absolute atomic E-state index is 0.00561. The monoisotopic (exact) mass is 364 g/mol. The van der Waals surface area contributed by atoms with Crippen LogP contribution in [0.15, 0.2) is 0 Å². The molecule has 0 aromatic rings. The molecular formula is C19H32N4O3. The molecule has 0 saturated carbocycles. The number of piperazine rings is 1. The third-order valence-electron chi connectivity index (χ3n) is 4.95. The van der Waals surface area contributed by atoms with Gasteiger partial charge >= 0.3 is 6.09 Å². The first-order valence-corrected chi connectivity index (χ1v) is 9.56. The van der Waals surface area contributed by atoms with Crippen molar-refractivity contribution in [1.29, 1.82) is 5.26 Å². The summed E-state index contributed by atoms with van der Waals surface area (Å²) in [5.41, 5.74) is -0.567. The number of likely N-dealkylation sites (tertiary alicyclic amines) is 1. The Kier molecular flexibility index (Phi) is 6.51. The lowest BCUT2D eigenvalue weighted by Gasteiger charge is -2.39. The standard InChI is InChI=1S/C19H32N4O3/c1-14(2)16(13-20)21-9-11-22(12-10-21)17(24)15-7-6-8-23(15)18(25)26-19(3,4)5/h14-16H,6-12H2,1-5H3. The van der Waals surface area contributed by atoms with Crippen LogP contribution in [0.1, 0.15) is 47.5 Å². The number of rotatable bonds is 3. The van der Waals surface area contributed by atoms with E-state index in [2.05, 4.69) is 11.0 Å². The number of amides is 2. The maximum Gasteiger partial charge on any atom is 0.410 e. The van der Waals surface area contributed by atoms with Gasteiger partial charge < -0.3 is 9.64 Å². The Balaban J connectivity index is 1.95. The van der Waals surface area contributed by atoms with Gasteiger partial charge in [0.25, 0.3) is 0 Å². The number of hydrogen-bond donors (Lipinski definition) is 0. The molecule has 2 fully saturated rings. The van der Waals surface area contributed by atoms with Crippen LogP contribution in [0.25, 0.3) is 0 Å². The number of hydrogen-bond acceptors (Lipinski definition) is 5. The third-order valence-corrected chi connectivity index (χ3v) is 4.95. The van der Waals surface area contributed by atoms with E-state index in [1.807, 2.05) is 39.5 Å². The summed E-state index contributed by atoms with van der Waals surface area (Å²) in [6.45, 7) is 12.7. The van der Waals surface area contributed by atoms with Crippen LogP contribution in [-0.2, 0) is 9.53 Å². The number of nitriles is 1. The first-order chi connectivity index (χ1) is 12.1. The van der Waals surface area contributed by atoms with Gasteiger partial charge in [-0.2, -0.15) is 5.26 Å². The van der Waals surface area contributed by atoms with Crippen molar-refractivity contribution in [3.8, 4) is 6.07 Å². The average molecular weight is 364 g/mol. The lowest BCUT2D eigenvalue weighted by Crippen LogP contribution is -2.56. The van der Waals surface area contributed by atoms with E-state index in [1.165, 1.54) is 0 Å². The van der Waals surface area contributed by atoms with Crippen molar-refractivity contribution < 1.29 is 14.3 Å². The lowest BCUT2D eigenvalue weighted by molar-refractivity contribution is -0.138. The number of ether oxygens (including phenoxy) is 1. The van der Waals surface area contributed by atoms with Crippen LogP contribution in [0, 0.1) is 17.2 Å². The summed E-state index contributed by atoms with van der Waals surface area (Å²) in [4.78, 5) is 30.9. The Morgan fingerprint density at radius 2 is 1.73 bits per heavy atom. The Morgan fingerprint density at radius 1 is 1.12 bits per heavy atom. The van der Waals surface area contributed by atoms with Crippen LogP contribution in [0.5, 0.6) is 0 Å². The van der Waals surface area contributed by atoms with E-state index in [-0.39, 0.29) is 17.9 Å². The zero-order valence-corrected chi connectivity index (χ0v) is 16.7. The van der Waals surface area contributed by atoms with Gasteiger partial charge in [-0.25, -0.2) is 4.79 Å². The van der Waals surface area contributed by atoms with Crippen LogP contribution >= 0.6 is 0 Å².